The number of methoxy groups -OCH3 is 1. The van der Waals surface area contributed by atoms with Crippen LogP contribution in [0.1, 0.15) is 30.4 Å². The Labute approximate surface area is 140 Å². The largest absolute Gasteiger partial charge is 0.481 e. The number of benzene rings is 1. The predicted octanol–water partition coefficient (Wildman–Crippen LogP) is 2.52. The van der Waals surface area contributed by atoms with Crippen molar-refractivity contribution in [3.05, 3.63) is 59.2 Å². The summed E-state index contributed by atoms with van der Waals surface area (Å²) in [5.41, 5.74) is 1.86. The van der Waals surface area contributed by atoms with E-state index in [9.17, 15) is 9.59 Å². The topological polar surface area (TPSA) is 81.4 Å². The Morgan fingerprint density at radius 1 is 1.29 bits per heavy atom. The zero-order chi connectivity index (χ0) is 17.5. The fraction of sp³-hybridized carbons (Fsp3) is 0.278. The van der Waals surface area contributed by atoms with Crippen LogP contribution in [0.5, 0.6) is 0 Å². The molecule has 0 amide bonds. The van der Waals surface area contributed by atoms with E-state index in [0.717, 1.165) is 17.8 Å². The fourth-order valence-corrected chi connectivity index (χ4v) is 2.43. The van der Waals surface area contributed by atoms with Crippen LogP contribution in [0, 0.1) is 0 Å². The first-order chi connectivity index (χ1) is 11.5. The number of ether oxygens (including phenoxy) is 1. The van der Waals surface area contributed by atoms with Gasteiger partial charge in [-0.1, -0.05) is 37.3 Å². The monoisotopic (exact) mass is 328 g/mol. The van der Waals surface area contributed by atoms with Crippen LogP contribution in [0.2, 0.25) is 0 Å². The van der Waals surface area contributed by atoms with Gasteiger partial charge in [-0.15, -0.1) is 0 Å². The van der Waals surface area contributed by atoms with E-state index in [4.69, 9.17) is 5.11 Å². The standard InChI is InChI=1S/C18H20N2O4/c1-3-16-19-11-15(9-14(10-17(21)22)18(23)24-2)20(16)12-13-7-5-4-6-8-13/h4-9,11H,3,10,12H2,1-2H3,(H,21,22). The molecule has 0 spiro atoms. The Morgan fingerprint density at radius 2 is 2.00 bits per heavy atom. The van der Waals surface area contributed by atoms with Crippen molar-refractivity contribution >= 4 is 18.0 Å². The highest BCUT2D eigenvalue weighted by Crippen LogP contribution is 2.16. The van der Waals surface area contributed by atoms with Crippen molar-refractivity contribution in [1.82, 2.24) is 9.55 Å². The van der Waals surface area contributed by atoms with Crippen molar-refractivity contribution in [3.63, 3.8) is 0 Å². The van der Waals surface area contributed by atoms with Gasteiger partial charge in [0.05, 0.1) is 31.0 Å². The van der Waals surface area contributed by atoms with E-state index >= 15 is 0 Å². The van der Waals surface area contributed by atoms with Gasteiger partial charge in [0, 0.05) is 13.0 Å². The second kappa shape index (κ2) is 8.10. The molecule has 0 atom stereocenters. The van der Waals surface area contributed by atoms with Crippen LogP contribution in [-0.4, -0.2) is 33.7 Å². The van der Waals surface area contributed by atoms with Gasteiger partial charge in [0.2, 0.25) is 0 Å². The molecule has 2 aromatic rings. The first-order valence-corrected chi connectivity index (χ1v) is 7.64. The van der Waals surface area contributed by atoms with Gasteiger partial charge in [0.15, 0.2) is 0 Å². The number of carboxylic acids is 1. The van der Waals surface area contributed by atoms with Crippen molar-refractivity contribution in [3.8, 4) is 0 Å². The zero-order valence-corrected chi connectivity index (χ0v) is 13.7. The summed E-state index contributed by atoms with van der Waals surface area (Å²) in [7, 11) is 1.23. The molecule has 2 rings (SSSR count). The Bertz CT molecular complexity index is 748. The molecule has 1 aromatic heterocycles. The average molecular weight is 328 g/mol. The quantitative estimate of drug-likeness (QED) is 0.624. The van der Waals surface area contributed by atoms with Crippen LogP contribution in [0.25, 0.3) is 6.08 Å². The van der Waals surface area contributed by atoms with Gasteiger partial charge in [0.1, 0.15) is 5.82 Å². The van der Waals surface area contributed by atoms with Gasteiger partial charge < -0.3 is 14.4 Å². The maximum absolute atomic E-state index is 11.8. The molecule has 0 radical (unpaired) electrons. The highest BCUT2D eigenvalue weighted by molar-refractivity contribution is 5.97. The first kappa shape index (κ1) is 17.5. The van der Waals surface area contributed by atoms with Crippen molar-refractivity contribution in [2.24, 2.45) is 0 Å². The minimum atomic E-state index is -1.09. The van der Waals surface area contributed by atoms with Gasteiger partial charge in [-0.3, -0.25) is 4.79 Å². The summed E-state index contributed by atoms with van der Waals surface area (Å²) in [6.45, 7) is 2.59. The smallest absolute Gasteiger partial charge is 0.334 e. The molecule has 0 saturated carbocycles. The Hall–Kier alpha value is -2.89. The van der Waals surface area contributed by atoms with Gasteiger partial charge in [-0.05, 0) is 11.6 Å². The third-order valence-corrected chi connectivity index (χ3v) is 3.58. The second-order valence-corrected chi connectivity index (χ2v) is 5.26. The average Bonchev–Trinajstić information content (AvgIpc) is 2.95. The molecule has 6 heteroatoms. The maximum atomic E-state index is 11.8. The molecule has 0 aliphatic rings. The summed E-state index contributed by atoms with van der Waals surface area (Å²) < 4.78 is 6.65. The number of aryl methyl sites for hydroxylation is 1. The van der Waals surface area contributed by atoms with Crippen LogP contribution >= 0.6 is 0 Å². The fourth-order valence-electron chi connectivity index (χ4n) is 2.43. The van der Waals surface area contributed by atoms with Crippen LogP contribution in [-0.2, 0) is 27.3 Å². The Kier molecular flexibility index (Phi) is 5.89. The SMILES string of the molecule is CCc1ncc(C=C(CC(=O)O)C(=O)OC)n1Cc1ccccc1. The van der Waals surface area contributed by atoms with E-state index in [-0.39, 0.29) is 5.57 Å². The number of carbonyl (C=O) groups is 2. The van der Waals surface area contributed by atoms with Gasteiger partial charge >= 0.3 is 11.9 Å². The molecular formula is C18H20N2O4. The summed E-state index contributed by atoms with van der Waals surface area (Å²) in [5.74, 6) is -0.871. The number of carbonyl (C=O) groups excluding carboxylic acids is 1. The summed E-state index contributed by atoms with van der Waals surface area (Å²) in [4.78, 5) is 27.2. The van der Waals surface area contributed by atoms with E-state index < -0.39 is 18.4 Å². The molecule has 6 nitrogen and oxygen atoms in total. The van der Waals surface area contributed by atoms with E-state index in [2.05, 4.69) is 9.72 Å². The lowest BCUT2D eigenvalue weighted by Gasteiger charge is -2.10. The van der Waals surface area contributed by atoms with Crippen molar-refractivity contribution < 1.29 is 19.4 Å². The number of aromatic nitrogens is 2. The molecule has 126 valence electrons. The number of imidazole rings is 1. The van der Waals surface area contributed by atoms with Gasteiger partial charge in [-0.25, -0.2) is 9.78 Å². The third kappa shape index (κ3) is 4.32. The number of hydrogen-bond donors (Lipinski definition) is 1. The predicted molar refractivity (Wildman–Crippen MR) is 89.4 cm³/mol. The third-order valence-electron chi connectivity index (χ3n) is 3.58. The van der Waals surface area contributed by atoms with Crippen LogP contribution in [0.3, 0.4) is 0 Å². The molecule has 0 saturated heterocycles. The lowest BCUT2D eigenvalue weighted by molar-refractivity contribution is -0.141. The number of esters is 1. The minimum Gasteiger partial charge on any atom is -0.481 e. The number of aliphatic carboxylic acids is 1. The number of nitrogens with zero attached hydrogens (tertiary/aromatic N) is 2. The lowest BCUT2D eigenvalue weighted by atomic mass is 10.1. The molecule has 0 aliphatic heterocycles. The highest BCUT2D eigenvalue weighted by atomic mass is 16.5. The summed E-state index contributed by atoms with van der Waals surface area (Å²) in [6, 6.07) is 9.87. The molecule has 1 heterocycles. The van der Waals surface area contributed by atoms with Gasteiger partial charge in [-0.2, -0.15) is 0 Å². The normalized spacial score (nSPS) is 11.3. The highest BCUT2D eigenvalue weighted by Gasteiger charge is 2.16. The molecule has 1 N–H and O–H groups in total. The Balaban J connectivity index is 2.41. The number of hydrogen-bond acceptors (Lipinski definition) is 4. The molecule has 0 unspecified atom stereocenters. The zero-order valence-electron chi connectivity index (χ0n) is 13.7. The van der Waals surface area contributed by atoms with E-state index in [0.29, 0.717) is 12.2 Å². The van der Waals surface area contributed by atoms with Crippen LogP contribution in [0.15, 0.2) is 42.1 Å². The van der Waals surface area contributed by atoms with Crippen molar-refractivity contribution in [1.29, 1.82) is 0 Å². The summed E-state index contributed by atoms with van der Waals surface area (Å²) in [6.07, 6.45) is 3.51. The van der Waals surface area contributed by atoms with Crippen LogP contribution < -0.4 is 0 Å². The van der Waals surface area contributed by atoms with E-state index in [1.54, 1.807) is 6.20 Å². The van der Waals surface area contributed by atoms with Gasteiger partial charge in [0.25, 0.3) is 0 Å². The van der Waals surface area contributed by atoms with E-state index in [1.807, 2.05) is 41.8 Å². The summed E-state index contributed by atoms with van der Waals surface area (Å²) in [5, 5.41) is 8.99. The number of carboxylic acid groups (broad SMARTS) is 1. The van der Waals surface area contributed by atoms with E-state index in [1.165, 1.54) is 13.2 Å². The lowest BCUT2D eigenvalue weighted by Crippen LogP contribution is -2.11. The maximum Gasteiger partial charge on any atom is 0.334 e. The first-order valence-electron chi connectivity index (χ1n) is 7.64. The van der Waals surface area contributed by atoms with Crippen LogP contribution in [0.4, 0.5) is 0 Å². The van der Waals surface area contributed by atoms with Crippen molar-refractivity contribution in [2.45, 2.75) is 26.3 Å². The molecular weight excluding hydrogens is 308 g/mol. The molecule has 1 aromatic carbocycles. The molecule has 0 bridgehead atoms. The molecule has 0 fully saturated rings. The second-order valence-electron chi connectivity index (χ2n) is 5.26. The Morgan fingerprint density at radius 3 is 2.58 bits per heavy atom. The molecule has 0 aliphatic carbocycles. The van der Waals surface area contributed by atoms with Crippen molar-refractivity contribution in [2.75, 3.05) is 7.11 Å². The summed E-state index contributed by atoms with van der Waals surface area (Å²) >= 11 is 0. The minimum absolute atomic E-state index is 0.0851. The number of rotatable bonds is 7. The molecule has 24 heavy (non-hydrogen) atoms.